The van der Waals surface area contributed by atoms with Crippen molar-refractivity contribution in [2.75, 3.05) is 26.8 Å². The SMILES string of the molecule is COCC(C)(C)NCC(=O)N1CCCC1C(=O)c1noc(-c2ccc(F)cc2)n1. The number of carbonyl (C=O) groups is 2. The van der Waals surface area contributed by atoms with E-state index in [1.54, 1.807) is 12.0 Å². The largest absolute Gasteiger partial charge is 0.383 e. The minimum Gasteiger partial charge on any atom is -0.383 e. The van der Waals surface area contributed by atoms with Gasteiger partial charge in [-0.15, -0.1) is 0 Å². The second kappa shape index (κ2) is 8.79. The summed E-state index contributed by atoms with van der Waals surface area (Å²) in [6, 6.07) is 4.92. The Balaban J connectivity index is 1.67. The molecule has 1 atom stereocenters. The van der Waals surface area contributed by atoms with E-state index in [0.29, 0.717) is 25.1 Å². The fourth-order valence-electron chi connectivity index (χ4n) is 3.35. The quantitative estimate of drug-likeness (QED) is 0.673. The number of rotatable bonds is 8. The fraction of sp³-hybridized carbons (Fsp3) is 0.500. The Hall–Kier alpha value is -2.65. The number of nitrogens with zero attached hydrogens (tertiary/aromatic N) is 3. The van der Waals surface area contributed by atoms with Crippen LogP contribution < -0.4 is 5.32 Å². The van der Waals surface area contributed by atoms with Gasteiger partial charge in [-0.2, -0.15) is 4.98 Å². The molecule has 1 aromatic heterocycles. The Kier molecular flexibility index (Phi) is 6.39. The molecule has 2 aromatic rings. The van der Waals surface area contributed by atoms with Crippen molar-refractivity contribution in [3.63, 3.8) is 0 Å². The highest BCUT2D eigenvalue weighted by molar-refractivity contribution is 5.99. The van der Waals surface area contributed by atoms with Gasteiger partial charge in [0, 0.05) is 24.8 Å². The van der Waals surface area contributed by atoms with E-state index in [0.717, 1.165) is 6.42 Å². The van der Waals surface area contributed by atoms with E-state index in [9.17, 15) is 14.0 Å². The lowest BCUT2D eigenvalue weighted by Gasteiger charge is -2.28. The number of carbonyl (C=O) groups excluding carboxylic acids is 2. The molecule has 0 saturated carbocycles. The minimum atomic E-state index is -0.617. The minimum absolute atomic E-state index is 0.0818. The molecule has 0 aliphatic carbocycles. The maximum Gasteiger partial charge on any atom is 0.258 e. The van der Waals surface area contributed by atoms with Gasteiger partial charge in [0.1, 0.15) is 5.82 Å². The Morgan fingerprint density at radius 2 is 2.07 bits per heavy atom. The number of methoxy groups -OCH3 is 1. The molecule has 0 bridgehead atoms. The summed E-state index contributed by atoms with van der Waals surface area (Å²) in [6.45, 7) is 4.94. The highest BCUT2D eigenvalue weighted by atomic mass is 19.1. The second-order valence-corrected chi connectivity index (χ2v) is 7.71. The van der Waals surface area contributed by atoms with Crippen LogP contribution in [0.1, 0.15) is 37.3 Å². The van der Waals surface area contributed by atoms with E-state index >= 15 is 0 Å². The van der Waals surface area contributed by atoms with E-state index < -0.39 is 6.04 Å². The van der Waals surface area contributed by atoms with Gasteiger partial charge in [-0.25, -0.2) is 4.39 Å². The summed E-state index contributed by atoms with van der Waals surface area (Å²) in [7, 11) is 1.60. The van der Waals surface area contributed by atoms with Crippen LogP contribution in [-0.4, -0.2) is 65.1 Å². The number of likely N-dealkylation sites (tertiary alicyclic amines) is 1. The normalized spacial score (nSPS) is 17.0. The lowest BCUT2D eigenvalue weighted by molar-refractivity contribution is -0.130. The zero-order valence-electron chi connectivity index (χ0n) is 16.8. The molecule has 2 heterocycles. The van der Waals surface area contributed by atoms with Gasteiger partial charge in [0.05, 0.1) is 19.2 Å². The first kappa shape index (κ1) is 21.1. The molecule has 156 valence electrons. The van der Waals surface area contributed by atoms with Crippen molar-refractivity contribution in [1.82, 2.24) is 20.4 Å². The molecule has 1 N–H and O–H groups in total. The summed E-state index contributed by atoms with van der Waals surface area (Å²) < 4.78 is 23.4. The van der Waals surface area contributed by atoms with Crippen LogP contribution in [0.15, 0.2) is 28.8 Å². The van der Waals surface area contributed by atoms with Crippen molar-refractivity contribution < 1.29 is 23.2 Å². The number of benzene rings is 1. The van der Waals surface area contributed by atoms with Gasteiger partial charge < -0.3 is 19.5 Å². The summed E-state index contributed by atoms with van der Waals surface area (Å²) >= 11 is 0. The molecule has 0 radical (unpaired) electrons. The van der Waals surface area contributed by atoms with Gasteiger partial charge in [-0.05, 0) is 51.0 Å². The summed E-state index contributed by atoms with van der Waals surface area (Å²) in [4.78, 5) is 31.3. The van der Waals surface area contributed by atoms with Crippen LogP contribution in [0.4, 0.5) is 4.39 Å². The Labute approximate surface area is 168 Å². The average molecular weight is 404 g/mol. The molecule has 8 nitrogen and oxygen atoms in total. The van der Waals surface area contributed by atoms with Gasteiger partial charge >= 0.3 is 0 Å². The molecule has 3 rings (SSSR count). The highest BCUT2D eigenvalue weighted by Gasteiger charge is 2.37. The van der Waals surface area contributed by atoms with Crippen molar-refractivity contribution in [2.45, 2.75) is 38.3 Å². The summed E-state index contributed by atoms with van der Waals surface area (Å²) in [5.41, 5.74) is 0.156. The van der Waals surface area contributed by atoms with Gasteiger partial charge in [0.2, 0.25) is 17.5 Å². The van der Waals surface area contributed by atoms with Crippen molar-refractivity contribution in [3.8, 4) is 11.5 Å². The second-order valence-electron chi connectivity index (χ2n) is 7.71. The monoisotopic (exact) mass is 404 g/mol. The lowest BCUT2D eigenvalue weighted by atomic mass is 10.1. The van der Waals surface area contributed by atoms with Crippen LogP contribution >= 0.6 is 0 Å². The number of hydrogen-bond donors (Lipinski definition) is 1. The Morgan fingerprint density at radius 3 is 2.76 bits per heavy atom. The third-order valence-corrected chi connectivity index (χ3v) is 4.84. The zero-order chi connectivity index (χ0) is 21.0. The van der Waals surface area contributed by atoms with Crippen molar-refractivity contribution >= 4 is 11.7 Å². The average Bonchev–Trinajstić information content (AvgIpc) is 3.36. The number of ether oxygens (including phenoxy) is 1. The molecule has 1 aliphatic heterocycles. The maximum absolute atomic E-state index is 13.1. The predicted molar refractivity (Wildman–Crippen MR) is 103 cm³/mol. The number of amides is 1. The lowest BCUT2D eigenvalue weighted by Crippen LogP contribution is -2.50. The molecule has 9 heteroatoms. The molecule has 1 saturated heterocycles. The molecule has 1 aromatic carbocycles. The maximum atomic E-state index is 13.1. The molecule has 1 aliphatic rings. The number of Topliss-reactive ketones (excluding diaryl/α,β-unsaturated/α-hetero) is 1. The van der Waals surface area contributed by atoms with Crippen molar-refractivity contribution in [3.05, 3.63) is 35.9 Å². The smallest absolute Gasteiger partial charge is 0.258 e. The van der Waals surface area contributed by atoms with E-state index in [4.69, 9.17) is 9.26 Å². The van der Waals surface area contributed by atoms with Gasteiger partial charge in [0.25, 0.3) is 5.89 Å². The van der Waals surface area contributed by atoms with E-state index in [1.165, 1.54) is 24.3 Å². The van der Waals surface area contributed by atoms with Gasteiger partial charge in [-0.3, -0.25) is 9.59 Å². The van der Waals surface area contributed by atoms with Gasteiger partial charge in [-0.1, -0.05) is 5.16 Å². The van der Waals surface area contributed by atoms with Crippen LogP contribution in [0.2, 0.25) is 0 Å². The Bertz CT molecular complexity index is 866. The van der Waals surface area contributed by atoms with E-state index in [1.807, 2.05) is 13.8 Å². The van der Waals surface area contributed by atoms with Crippen LogP contribution in [0.3, 0.4) is 0 Å². The topological polar surface area (TPSA) is 97.6 Å². The van der Waals surface area contributed by atoms with Gasteiger partial charge in [0.15, 0.2) is 0 Å². The molecule has 1 unspecified atom stereocenters. The number of halogens is 1. The Morgan fingerprint density at radius 1 is 1.34 bits per heavy atom. The van der Waals surface area contributed by atoms with Crippen molar-refractivity contribution in [1.29, 1.82) is 0 Å². The molecule has 1 fully saturated rings. The summed E-state index contributed by atoms with van der Waals surface area (Å²) in [5.74, 6) is -0.850. The number of aromatic nitrogens is 2. The van der Waals surface area contributed by atoms with Crippen molar-refractivity contribution in [2.24, 2.45) is 0 Å². The number of nitrogens with one attached hydrogen (secondary N) is 1. The zero-order valence-corrected chi connectivity index (χ0v) is 16.8. The summed E-state index contributed by atoms with van der Waals surface area (Å²) in [6.07, 6.45) is 1.28. The highest BCUT2D eigenvalue weighted by Crippen LogP contribution is 2.23. The summed E-state index contributed by atoms with van der Waals surface area (Å²) in [5, 5.41) is 6.92. The van der Waals surface area contributed by atoms with Crippen LogP contribution in [0.5, 0.6) is 0 Å². The standard InChI is InChI=1S/C20H25FN4O4/c1-20(2,12-28-3)22-11-16(26)25-10-4-5-15(25)17(27)18-23-19(29-24-18)13-6-8-14(21)9-7-13/h6-9,15,22H,4-5,10-12H2,1-3H3. The third kappa shape index (κ3) is 5.04. The van der Waals surface area contributed by atoms with E-state index in [-0.39, 0.29) is 41.3 Å². The van der Waals surface area contributed by atoms with Crippen LogP contribution in [0.25, 0.3) is 11.5 Å². The number of ketones is 1. The van der Waals surface area contributed by atoms with Crippen LogP contribution in [-0.2, 0) is 9.53 Å². The fourth-order valence-corrected chi connectivity index (χ4v) is 3.35. The molecule has 29 heavy (non-hydrogen) atoms. The first-order valence-corrected chi connectivity index (χ1v) is 9.48. The predicted octanol–water partition coefficient (Wildman–Crippen LogP) is 2.06. The third-order valence-electron chi connectivity index (χ3n) is 4.84. The van der Waals surface area contributed by atoms with E-state index in [2.05, 4.69) is 15.5 Å². The first-order valence-electron chi connectivity index (χ1n) is 9.48. The molecule has 1 amide bonds. The first-order chi connectivity index (χ1) is 13.8. The molecule has 0 spiro atoms. The molecular weight excluding hydrogens is 379 g/mol. The molecular formula is C20H25FN4O4. The van der Waals surface area contributed by atoms with Crippen LogP contribution in [0, 0.1) is 5.82 Å². The number of hydrogen-bond acceptors (Lipinski definition) is 7.